The molecule has 1 amide bonds. The Balaban J connectivity index is 1.30. The second-order valence-corrected chi connectivity index (χ2v) is 6.75. The van der Waals surface area contributed by atoms with Crippen LogP contribution in [0.15, 0.2) is 75.9 Å². The van der Waals surface area contributed by atoms with Crippen molar-refractivity contribution in [1.29, 1.82) is 0 Å². The third-order valence-corrected chi connectivity index (χ3v) is 4.80. The summed E-state index contributed by atoms with van der Waals surface area (Å²) in [5, 5.41) is 12.2. The van der Waals surface area contributed by atoms with Gasteiger partial charge in [0.15, 0.2) is 6.61 Å². The summed E-state index contributed by atoms with van der Waals surface area (Å²) in [7, 11) is 1.56. The second kappa shape index (κ2) is 7.83. The monoisotopic (exact) mass is 415 g/mol. The lowest BCUT2D eigenvalue weighted by Gasteiger charge is -2.11. The van der Waals surface area contributed by atoms with E-state index in [9.17, 15) is 4.79 Å². The molecule has 0 spiro atoms. The SMILES string of the molecule is COc1cc2c(cc1NC(=O)COc1ccc(-c3nnco3)cc1)oc1ccccc12. The molecule has 0 unspecified atom stereocenters. The van der Waals surface area contributed by atoms with Gasteiger partial charge in [0.1, 0.15) is 22.7 Å². The topological polar surface area (TPSA) is 99.6 Å². The largest absolute Gasteiger partial charge is 0.495 e. The quantitative estimate of drug-likeness (QED) is 0.430. The number of hydrogen-bond donors (Lipinski definition) is 1. The molecule has 3 aromatic carbocycles. The molecule has 0 aliphatic carbocycles. The zero-order chi connectivity index (χ0) is 21.2. The van der Waals surface area contributed by atoms with Crippen LogP contribution in [-0.2, 0) is 4.79 Å². The van der Waals surface area contributed by atoms with E-state index in [0.717, 1.165) is 21.9 Å². The van der Waals surface area contributed by atoms with Crippen molar-refractivity contribution >= 4 is 33.5 Å². The average molecular weight is 415 g/mol. The van der Waals surface area contributed by atoms with Gasteiger partial charge in [0, 0.05) is 22.4 Å². The fourth-order valence-electron chi connectivity index (χ4n) is 3.35. The Morgan fingerprint density at radius 1 is 1.03 bits per heavy atom. The highest BCUT2D eigenvalue weighted by Crippen LogP contribution is 2.36. The van der Waals surface area contributed by atoms with Crippen LogP contribution in [-0.4, -0.2) is 29.8 Å². The summed E-state index contributed by atoms with van der Waals surface area (Å²) in [6, 6.07) is 18.4. The summed E-state index contributed by atoms with van der Waals surface area (Å²) in [6.45, 7) is -0.165. The van der Waals surface area contributed by atoms with Gasteiger partial charge in [0.2, 0.25) is 12.3 Å². The summed E-state index contributed by atoms with van der Waals surface area (Å²) in [6.07, 6.45) is 1.26. The molecule has 1 N–H and O–H groups in total. The predicted octanol–water partition coefficient (Wildman–Crippen LogP) is 4.66. The van der Waals surface area contributed by atoms with Crippen LogP contribution in [0, 0.1) is 0 Å². The molecule has 0 bridgehead atoms. The number of anilines is 1. The van der Waals surface area contributed by atoms with Crippen molar-refractivity contribution in [2.45, 2.75) is 0 Å². The zero-order valence-electron chi connectivity index (χ0n) is 16.5. The van der Waals surface area contributed by atoms with Crippen molar-refractivity contribution in [3.63, 3.8) is 0 Å². The maximum Gasteiger partial charge on any atom is 0.262 e. The van der Waals surface area contributed by atoms with Gasteiger partial charge in [-0.2, -0.15) is 0 Å². The fraction of sp³-hybridized carbons (Fsp3) is 0.0870. The Morgan fingerprint density at radius 3 is 2.65 bits per heavy atom. The minimum absolute atomic E-state index is 0.165. The van der Waals surface area contributed by atoms with Crippen LogP contribution in [0.2, 0.25) is 0 Å². The van der Waals surface area contributed by atoms with E-state index >= 15 is 0 Å². The summed E-state index contributed by atoms with van der Waals surface area (Å²) in [4.78, 5) is 12.5. The van der Waals surface area contributed by atoms with Crippen molar-refractivity contribution in [2.24, 2.45) is 0 Å². The van der Waals surface area contributed by atoms with E-state index in [0.29, 0.717) is 28.7 Å². The molecule has 8 nitrogen and oxygen atoms in total. The van der Waals surface area contributed by atoms with Crippen LogP contribution in [0.5, 0.6) is 11.5 Å². The number of amides is 1. The fourth-order valence-corrected chi connectivity index (χ4v) is 3.35. The van der Waals surface area contributed by atoms with Crippen molar-refractivity contribution in [3.8, 4) is 23.0 Å². The minimum Gasteiger partial charge on any atom is -0.495 e. The molecule has 0 aliphatic heterocycles. The first-order valence-corrected chi connectivity index (χ1v) is 9.50. The van der Waals surface area contributed by atoms with Crippen molar-refractivity contribution in [3.05, 3.63) is 67.1 Å². The lowest BCUT2D eigenvalue weighted by molar-refractivity contribution is -0.118. The van der Waals surface area contributed by atoms with E-state index in [4.69, 9.17) is 18.3 Å². The van der Waals surface area contributed by atoms with Gasteiger partial charge in [-0.1, -0.05) is 18.2 Å². The number of nitrogens with zero attached hydrogens (tertiary/aromatic N) is 2. The summed E-state index contributed by atoms with van der Waals surface area (Å²) < 4.78 is 22.1. The van der Waals surface area contributed by atoms with E-state index in [1.54, 1.807) is 37.4 Å². The molecule has 2 aromatic heterocycles. The Kier molecular flexibility index (Phi) is 4.72. The van der Waals surface area contributed by atoms with Crippen LogP contribution in [0.3, 0.4) is 0 Å². The molecule has 5 rings (SSSR count). The average Bonchev–Trinajstić information content (AvgIpc) is 3.45. The van der Waals surface area contributed by atoms with Gasteiger partial charge in [-0.25, -0.2) is 0 Å². The molecule has 8 heteroatoms. The molecular weight excluding hydrogens is 398 g/mol. The lowest BCUT2D eigenvalue weighted by atomic mass is 10.1. The van der Waals surface area contributed by atoms with Gasteiger partial charge in [-0.05, 0) is 36.4 Å². The van der Waals surface area contributed by atoms with E-state index in [2.05, 4.69) is 15.5 Å². The highest BCUT2D eigenvalue weighted by molar-refractivity contribution is 6.07. The number of carbonyl (C=O) groups is 1. The standard InChI is InChI=1S/C23H17N3O5/c1-28-21-10-17-16-4-2-3-5-19(16)31-20(17)11-18(21)25-22(27)12-29-15-8-6-14(7-9-15)23-26-24-13-30-23/h2-11,13H,12H2,1H3,(H,25,27). The summed E-state index contributed by atoms with van der Waals surface area (Å²) in [5.74, 6) is 1.17. The number of rotatable bonds is 6. The maximum absolute atomic E-state index is 12.5. The molecule has 31 heavy (non-hydrogen) atoms. The molecule has 0 atom stereocenters. The van der Waals surface area contributed by atoms with Crippen LogP contribution in [0.1, 0.15) is 0 Å². The number of hydrogen-bond acceptors (Lipinski definition) is 7. The first-order chi connectivity index (χ1) is 15.2. The van der Waals surface area contributed by atoms with E-state index in [-0.39, 0.29) is 12.5 Å². The number of methoxy groups -OCH3 is 1. The normalized spacial score (nSPS) is 11.0. The van der Waals surface area contributed by atoms with Gasteiger partial charge in [-0.3, -0.25) is 4.79 Å². The van der Waals surface area contributed by atoms with E-state index in [1.807, 2.05) is 30.3 Å². The Labute approximate surface area is 176 Å². The highest BCUT2D eigenvalue weighted by atomic mass is 16.5. The first-order valence-electron chi connectivity index (χ1n) is 9.50. The van der Waals surface area contributed by atoms with Crippen LogP contribution >= 0.6 is 0 Å². The van der Waals surface area contributed by atoms with Gasteiger partial charge >= 0.3 is 0 Å². The zero-order valence-corrected chi connectivity index (χ0v) is 16.5. The Bertz CT molecular complexity index is 1360. The number of nitrogens with one attached hydrogen (secondary N) is 1. The predicted molar refractivity (Wildman–Crippen MR) is 114 cm³/mol. The molecule has 0 fully saturated rings. The summed E-state index contributed by atoms with van der Waals surface area (Å²) in [5.41, 5.74) is 2.71. The highest BCUT2D eigenvalue weighted by Gasteiger charge is 2.14. The van der Waals surface area contributed by atoms with Crippen molar-refractivity contribution < 1.29 is 23.1 Å². The number of ether oxygens (including phenoxy) is 2. The molecule has 0 aliphatic rings. The molecule has 0 saturated carbocycles. The summed E-state index contributed by atoms with van der Waals surface area (Å²) >= 11 is 0. The lowest BCUT2D eigenvalue weighted by Crippen LogP contribution is -2.20. The number of para-hydroxylation sites is 1. The van der Waals surface area contributed by atoms with E-state index in [1.165, 1.54) is 6.39 Å². The van der Waals surface area contributed by atoms with Crippen molar-refractivity contribution in [2.75, 3.05) is 19.0 Å². The minimum atomic E-state index is -0.324. The molecule has 154 valence electrons. The maximum atomic E-state index is 12.5. The number of benzene rings is 3. The number of fused-ring (bicyclic) bond motifs is 3. The third kappa shape index (κ3) is 3.66. The Morgan fingerprint density at radius 2 is 1.87 bits per heavy atom. The third-order valence-electron chi connectivity index (χ3n) is 4.80. The van der Waals surface area contributed by atoms with Crippen LogP contribution < -0.4 is 14.8 Å². The number of furan rings is 1. The van der Waals surface area contributed by atoms with E-state index < -0.39 is 0 Å². The number of aromatic nitrogens is 2. The first kappa shape index (κ1) is 18.7. The molecule has 0 radical (unpaired) electrons. The van der Waals surface area contributed by atoms with Crippen LogP contribution in [0.25, 0.3) is 33.4 Å². The molecule has 5 aromatic rings. The molecule has 0 saturated heterocycles. The second-order valence-electron chi connectivity index (χ2n) is 6.75. The Hall–Kier alpha value is -4.33. The van der Waals surface area contributed by atoms with Gasteiger partial charge in [0.05, 0.1) is 12.8 Å². The van der Waals surface area contributed by atoms with Crippen molar-refractivity contribution in [1.82, 2.24) is 10.2 Å². The van der Waals surface area contributed by atoms with Gasteiger partial charge < -0.3 is 23.6 Å². The van der Waals surface area contributed by atoms with Crippen LogP contribution in [0.4, 0.5) is 5.69 Å². The molecule has 2 heterocycles. The smallest absolute Gasteiger partial charge is 0.262 e. The molecular formula is C23H17N3O5. The van der Waals surface area contributed by atoms with Gasteiger partial charge in [0.25, 0.3) is 5.91 Å². The number of carbonyl (C=O) groups excluding carboxylic acids is 1. The van der Waals surface area contributed by atoms with Gasteiger partial charge in [-0.15, -0.1) is 10.2 Å².